The zero-order valence-corrected chi connectivity index (χ0v) is 20.3. The minimum atomic E-state index is -4.71. The van der Waals surface area contributed by atoms with Gasteiger partial charge >= 0.3 is 6.36 Å². The van der Waals surface area contributed by atoms with Crippen molar-refractivity contribution in [2.24, 2.45) is 10.7 Å². The number of anilines is 1. The maximum atomic E-state index is 12.2. The van der Waals surface area contributed by atoms with Crippen LogP contribution in [0.1, 0.15) is 17.5 Å². The smallest absolute Gasteiger partial charge is 0.406 e. The Bertz CT molecular complexity index is 859. The van der Waals surface area contributed by atoms with Crippen molar-refractivity contribution in [3.8, 4) is 5.75 Å². The SMILES string of the molecule is CN1CCCN(Cc2ccc(CN=C(N)Nc3ccc(OC(F)(F)F)cc3)cc2)CC1.I. The summed E-state index contributed by atoms with van der Waals surface area (Å²) < 4.78 is 40.5. The molecular weight excluding hydrogens is 534 g/mol. The summed E-state index contributed by atoms with van der Waals surface area (Å²) in [5.74, 6) is -0.108. The van der Waals surface area contributed by atoms with Gasteiger partial charge in [-0.2, -0.15) is 0 Å². The maximum Gasteiger partial charge on any atom is 0.573 e. The molecule has 0 amide bonds. The minimum absolute atomic E-state index is 0. The van der Waals surface area contributed by atoms with Crippen molar-refractivity contribution in [2.75, 3.05) is 38.5 Å². The zero-order chi connectivity index (χ0) is 22.3. The molecule has 0 spiro atoms. The Kier molecular flexibility index (Phi) is 10.0. The van der Waals surface area contributed by atoms with Crippen LogP contribution in [0.2, 0.25) is 0 Å². The van der Waals surface area contributed by atoms with Crippen molar-refractivity contribution in [1.82, 2.24) is 9.80 Å². The van der Waals surface area contributed by atoms with Crippen LogP contribution in [0.5, 0.6) is 5.75 Å². The van der Waals surface area contributed by atoms with Crippen LogP contribution in [-0.2, 0) is 13.1 Å². The lowest BCUT2D eigenvalue weighted by atomic mass is 10.1. The number of halogens is 4. The molecule has 3 N–H and O–H groups in total. The number of hydrogen-bond donors (Lipinski definition) is 2. The standard InChI is InChI=1S/C22H28F3N5O.HI/c1-29-11-2-12-30(14-13-29)16-18-5-3-17(4-6-18)15-27-21(26)28-19-7-9-20(10-8-19)31-22(23,24)25;/h3-10H,2,11-16H2,1H3,(H3,26,27,28);1H. The Labute approximate surface area is 203 Å². The molecule has 1 aliphatic heterocycles. The van der Waals surface area contributed by atoms with Gasteiger partial charge in [0.1, 0.15) is 5.75 Å². The molecule has 0 radical (unpaired) electrons. The molecule has 0 bridgehead atoms. The number of alkyl halides is 3. The van der Waals surface area contributed by atoms with Gasteiger partial charge in [-0.25, -0.2) is 4.99 Å². The van der Waals surface area contributed by atoms with E-state index in [1.165, 1.54) is 36.2 Å². The van der Waals surface area contributed by atoms with E-state index in [-0.39, 0.29) is 35.7 Å². The fourth-order valence-corrected chi connectivity index (χ4v) is 3.37. The van der Waals surface area contributed by atoms with E-state index in [0.29, 0.717) is 12.2 Å². The van der Waals surface area contributed by atoms with Gasteiger partial charge in [0.05, 0.1) is 6.54 Å². The quantitative estimate of drug-likeness (QED) is 0.313. The number of guanidine groups is 1. The highest BCUT2D eigenvalue weighted by atomic mass is 127. The van der Waals surface area contributed by atoms with Crippen LogP contribution >= 0.6 is 24.0 Å². The van der Waals surface area contributed by atoms with E-state index >= 15 is 0 Å². The van der Waals surface area contributed by atoms with Gasteiger partial charge in [0, 0.05) is 25.3 Å². The molecule has 1 saturated heterocycles. The number of likely N-dealkylation sites (N-methyl/N-ethyl adjacent to an activating group) is 1. The Hall–Kier alpha value is -2.05. The highest BCUT2D eigenvalue weighted by molar-refractivity contribution is 14.0. The second-order valence-electron chi connectivity index (χ2n) is 7.65. The van der Waals surface area contributed by atoms with Crippen molar-refractivity contribution < 1.29 is 17.9 Å². The number of nitrogens with one attached hydrogen (secondary N) is 1. The van der Waals surface area contributed by atoms with Crippen LogP contribution in [-0.4, -0.2) is 55.3 Å². The molecule has 0 atom stereocenters. The van der Waals surface area contributed by atoms with E-state index in [1.807, 2.05) is 12.1 Å². The first kappa shape index (κ1) is 26.2. The lowest BCUT2D eigenvalue weighted by Gasteiger charge is -2.20. The number of ether oxygens (including phenoxy) is 1. The highest BCUT2D eigenvalue weighted by Crippen LogP contribution is 2.23. The highest BCUT2D eigenvalue weighted by Gasteiger charge is 2.30. The number of benzene rings is 2. The second kappa shape index (κ2) is 12.3. The number of aliphatic imine (C=N–C) groups is 1. The minimum Gasteiger partial charge on any atom is -0.406 e. The predicted molar refractivity (Wildman–Crippen MR) is 131 cm³/mol. The van der Waals surface area contributed by atoms with Crippen molar-refractivity contribution in [1.29, 1.82) is 0 Å². The normalized spacial score (nSPS) is 16.2. The van der Waals surface area contributed by atoms with Crippen LogP contribution < -0.4 is 15.8 Å². The Balaban J connectivity index is 0.00000363. The van der Waals surface area contributed by atoms with E-state index in [0.717, 1.165) is 38.3 Å². The van der Waals surface area contributed by atoms with Gasteiger partial charge in [0.15, 0.2) is 5.96 Å². The Morgan fingerprint density at radius 2 is 1.66 bits per heavy atom. The summed E-state index contributed by atoms with van der Waals surface area (Å²) in [4.78, 5) is 9.13. The van der Waals surface area contributed by atoms with Gasteiger partial charge in [-0.15, -0.1) is 37.1 Å². The molecule has 2 aromatic carbocycles. The van der Waals surface area contributed by atoms with Crippen molar-refractivity contribution >= 4 is 35.6 Å². The molecule has 0 aliphatic carbocycles. The number of rotatable bonds is 6. The van der Waals surface area contributed by atoms with E-state index in [2.05, 4.69) is 44.0 Å². The van der Waals surface area contributed by atoms with Crippen LogP contribution in [0.25, 0.3) is 0 Å². The predicted octanol–water partition coefficient (Wildman–Crippen LogP) is 4.27. The van der Waals surface area contributed by atoms with E-state index in [9.17, 15) is 13.2 Å². The van der Waals surface area contributed by atoms with Crippen molar-refractivity contribution in [3.63, 3.8) is 0 Å². The van der Waals surface area contributed by atoms with Crippen LogP contribution in [0.15, 0.2) is 53.5 Å². The third-order valence-corrected chi connectivity index (χ3v) is 5.03. The van der Waals surface area contributed by atoms with Gasteiger partial charge in [0.25, 0.3) is 0 Å². The molecule has 6 nitrogen and oxygen atoms in total. The molecule has 0 unspecified atom stereocenters. The summed E-state index contributed by atoms with van der Waals surface area (Å²) in [6.07, 6.45) is -3.53. The number of nitrogens with two attached hydrogens (primary N) is 1. The average molecular weight is 563 g/mol. The largest absolute Gasteiger partial charge is 0.573 e. The molecule has 32 heavy (non-hydrogen) atoms. The molecule has 176 valence electrons. The molecule has 1 aliphatic rings. The van der Waals surface area contributed by atoms with E-state index in [1.54, 1.807) is 0 Å². The summed E-state index contributed by atoms with van der Waals surface area (Å²) in [6, 6.07) is 13.6. The molecule has 2 aromatic rings. The van der Waals surface area contributed by atoms with Gasteiger partial charge in [-0.3, -0.25) is 4.90 Å². The molecule has 0 aromatic heterocycles. The molecule has 3 rings (SSSR count). The number of hydrogen-bond acceptors (Lipinski definition) is 4. The molecule has 10 heteroatoms. The third kappa shape index (κ3) is 9.21. The molecular formula is C22H29F3IN5O. The van der Waals surface area contributed by atoms with Crippen molar-refractivity contribution in [3.05, 3.63) is 59.7 Å². The van der Waals surface area contributed by atoms with Gasteiger partial charge in [-0.1, -0.05) is 24.3 Å². The summed E-state index contributed by atoms with van der Waals surface area (Å²) in [5, 5.41) is 2.86. The summed E-state index contributed by atoms with van der Waals surface area (Å²) >= 11 is 0. The van der Waals surface area contributed by atoms with Gasteiger partial charge in [0.2, 0.25) is 0 Å². The van der Waals surface area contributed by atoms with Crippen LogP contribution in [0.4, 0.5) is 18.9 Å². The van der Waals surface area contributed by atoms with Crippen LogP contribution in [0.3, 0.4) is 0 Å². The van der Waals surface area contributed by atoms with Crippen LogP contribution in [0, 0.1) is 0 Å². The second-order valence-corrected chi connectivity index (χ2v) is 7.65. The lowest BCUT2D eigenvalue weighted by molar-refractivity contribution is -0.274. The van der Waals surface area contributed by atoms with E-state index < -0.39 is 6.36 Å². The zero-order valence-electron chi connectivity index (χ0n) is 17.9. The first-order valence-corrected chi connectivity index (χ1v) is 10.2. The number of nitrogens with zero attached hydrogens (tertiary/aromatic N) is 3. The van der Waals surface area contributed by atoms with Gasteiger partial charge in [-0.05, 0) is 62.0 Å². The fraction of sp³-hybridized carbons (Fsp3) is 0.409. The van der Waals surface area contributed by atoms with Crippen molar-refractivity contribution in [2.45, 2.75) is 25.9 Å². The van der Waals surface area contributed by atoms with Gasteiger partial charge < -0.3 is 20.7 Å². The molecule has 0 saturated carbocycles. The third-order valence-electron chi connectivity index (χ3n) is 5.03. The maximum absolute atomic E-state index is 12.2. The topological polar surface area (TPSA) is 66.1 Å². The van der Waals surface area contributed by atoms with E-state index in [4.69, 9.17) is 5.73 Å². The lowest BCUT2D eigenvalue weighted by Crippen LogP contribution is -2.28. The first-order chi connectivity index (χ1) is 14.8. The molecule has 1 heterocycles. The summed E-state index contributed by atoms with van der Waals surface area (Å²) in [6.45, 7) is 5.78. The Morgan fingerprint density at radius 1 is 1.00 bits per heavy atom. The summed E-state index contributed by atoms with van der Waals surface area (Å²) in [7, 11) is 2.16. The summed E-state index contributed by atoms with van der Waals surface area (Å²) in [5.41, 5.74) is 8.71. The average Bonchev–Trinajstić information content (AvgIpc) is 2.92. The first-order valence-electron chi connectivity index (χ1n) is 10.2. The monoisotopic (exact) mass is 563 g/mol. The fourth-order valence-electron chi connectivity index (χ4n) is 3.37. The Morgan fingerprint density at radius 3 is 2.31 bits per heavy atom. The molecule has 1 fully saturated rings.